The number of halogens is 1. The molecule has 0 radical (unpaired) electrons. The third-order valence-corrected chi connectivity index (χ3v) is 2.91. The number of benzene rings is 1. The molecule has 1 N–H and O–H groups in total. The van der Waals surface area contributed by atoms with Gasteiger partial charge in [0, 0.05) is 13.1 Å². The van der Waals surface area contributed by atoms with Crippen molar-refractivity contribution >= 4 is 5.91 Å². The lowest BCUT2D eigenvalue weighted by molar-refractivity contribution is -0.133. The Bertz CT molecular complexity index is 431. The minimum absolute atomic E-state index is 0.0184. The summed E-state index contributed by atoms with van der Waals surface area (Å²) in [4.78, 5) is 13.3. The molecule has 106 valence electrons. The van der Waals surface area contributed by atoms with E-state index >= 15 is 0 Å². The van der Waals surface area contributed by atoms with Crippen molar-refractivity contribution in [3.05, 3.63) is 29.6 Å². The Kier molecular flexibility index (Phi) is 5.76. The number of amides is 1. The van der Waals surface area contributed by atoms with Crippen LogP contribution in [0.4, 0.5) is 4.39 Å². The lowest BCUT2D eigenvalue weighted by Crippen LogP contribution is -2.34. The van der Waals surface area contributed by atoms with Gasteiger partial charge in [0.25, 0.3) is 5.91 Å². The summed E-state index contributed by atoms with van der Waals surface area (Å²) in [6, 6.07) is 4.21. The molecule has 0 aliphatic carbocycles. The van der Waals surface area contributed by atoms with Crippen LogP contribution in [0.5, 0.6) is 5.75 Å². The average molecular weight is 269 g/mol. The highest BCUT2D eigenvalue weighted by Gasteiger charge is 2.13. The van der Waals surface area contributed by atoms with Crippen LogP contribution in [0.15, 0.2) is 18.2 Å². The zero-order chi connectivity index (χ0) is 14.4. The van der Waals surface area contributed by atoms with Crippen LogP contribution in [-0.2, 0) is 4.79 Å². The van der Waals surface area contributed by atoms with Crippen LogP contribution in [0, 0.1) is 5.82 Å². The molecule has 0 aliphatic heterocycles. The van der Waals surface area contributed by atoms with Crippen molar-refractivity contribution in [2.45, 2.75) is 26.9 Å². The number of hydrogen-bond donors (Lipinski definition) is 1. The summed E-state index contributed by atoms with van der Waals surface area (Å²) in [6.07, 6.45) is -0.735. The second-order valence-corrected chi connectivity index (χ2v) is 4.22. The molecule has 0 unspecified atom stereocenters. The lowest BCUT2D eigenvalue weighted by Gasteiger charge is -2.18. The Labute approximate surface area is 112 Å². The summed E-state index contributed by atoms with van der Waals surface area (Å²) in [7, 11) is 0. The number of ether oxygens (including phenoxy) is 1. The Morgan fingerprint density at radius 3 is 2.53 bits per heavy atom. The SMILES string of the molecule is CCN(CC)C(=O)COc1ccc([C@@H](C)O)cc1F. The molecule has 0 spiro atoms. The van der Waals surface area contributed by atoms with Gasteiger partial charge in [0.2, 0.25) is 0 Å². The van der Waals surface area contributed by atoms with Crippen LogP contribution in [0.25, 0.3) is 0 Å². The third-order valence-electron chi connectivity index (χ3n) is 2.91. The van der Waals surface area contributed by atoms with Crippen LogP contribution in [-0.4, -0.2) is 35.6 Å². The highest BCUT2D eigenvalue weighted by Crippen LogP contribution is 2.21. The number of rotatable bonds is 6. The Morgan fingerprint density at radius 2 is 2.05 bits per heavy atom. The highest BCUT2D eigenvalue weighted by molar-refractivity contribution is 5.77. The van der Waals surface area contributed by atoms with Crippen molar-refractivity contribution in [2.75, 3.05) is 19.7 Å². The number of carbonyl (C=O) groups is 1. The number of likely N-dealkylation sites (N-methyl/N-ethyl adjacent to an activating group) is 1. The molecule has 4 nitrogen and oxygen atoms in total. The van der Waals surface area contributed by atoms with Crippen LogP contribution in [0.2, 0.25) is 0 Å². The summed E-state index contributed by atoms with van der Waals surface area (Å²) in [5, 5.41) is 9.33. The summed E-state index contributed by atoms with van der Waals surface area (Å²) in [6.45, 7) is 6.31. The highest BCUT2D eigenvalue weighted by atomic mass is 19.1. The first kappa shape index (κ1) is 15.4. The maximum atomic E-state index is 13.7. The van der Waals surface area contributed by atoms with Gasteiger partial charge in [0.15, 0.2) is 18.2 Å². The fraction of sp³-hybridized carbons (Fsp3) is 0.500. The van der Waals surface area contributed by atoms with Crippen molar-refractivity contribution in [2.24, 2.45) is 0 Å². The van der Waals surface area contributed by atoms with Crippen molar-refractivity contribution < 1.29 is 19.0 Å². The largest absolute Gasteiger partial charge is 0.481 e. The van der Waals surface area contributed by atoms with E-state index in [0.717, 1.165) is 0 Å². The van der Waals surface area contributed by atoms with E-state index in [1.54, 1.807) is 17.9 Å². The fourth-order valence-corrected chi connectivity index (χ4v) is 1.70. The molecule has 1 amide bonds. The first-order valence-electron chi connectivity index (χ1n) is 6.37. The monoisotopic (exact) mass is 269 g/mol. The molecule has 0 heterocycles. The van der Waals surface area contributed by atoms with Gasteiger partial charge in [0.1, 0.15) is 0 Å². The molecular weight excluding hydrogens is 249 g/mol. The van der Waals surface area contributed by atoms with Crippen molar-refractivity contribution in [3.63, 3.8) is 0 Å². The van der Waals surface area contributed by atoms with Gasteiger partial charge >= 0.3 is 0 Å². The number of aliphatic hydroxyl groups is 1. The molecule has 1 aromatic carbocycles. The van der Waals surface area contributed by atoms with Crippen molar-refractivity contribution in [3.8, 4) is 5.75 Å². The molecule has 0 fully saturated rings. The van der Waals surface area contributed by atoms with Gasteiger partial charge in [0.05, 0.1) is 6.10 Å². The molecular formula is C14H20FNO3. The quantitative estimate of drug-likeness (QED) is 0.860. The topological polar surface area (TPSA) is 49.8 Å². The Morgan fingerprint density at radius 1 is 1.42 bits per heavy atom. The van der Waals surface area contributed by atoms with Gasteiger partial charge in [-0.15, -0.1) is 0 Å². The van der Waals surface area contributed by atoms with Gasteiger partial charge in [-0.1, -0.05) is 6.07 Å². The molecule has 0 bridgehead atoms. The van der Waals surface area contributed by atoms with Crippen LogP contribution in [0.1, 0.15) is 32.4 Å². The maximum Gasteiger partial charge on any atom is 0.260 e. The Balaban J connectivity index is 2.66. The van der Waals surface area contributed by atoms with E-state index in [-0.39, 0.29) is 18.3 Å². The van der Waals surface area contributed by atoms with Crippen molar-refractivity contribution in [1.29, 1.82) is 0 Å². The van der Waals surface area contributed by atoms with E-state index in [1.807, 2.05) is 13.8 Å². The van der Waals surface area contributed by atoms with Crippen LogP contribution < -0.4 is 4.74 Å². The molecule has 0 saturated carbocycles. The summed E-state index contributed by atoms with van der Waals surface area (Å²) >= 11 is 0. The van der Waals surface area contributed by atoms with Gasteiger partial charge in [-0.05, 0) is 38.5 Å². The average Bonchev–Trinajstić information content (AvgIpc) is 2.38. The van der Waals surface area contributed by atoms with Crippen molar-refractivity contribution in [1.82, 2.24) is 4.90 Å². The van der Waals surface area contributed by atoms with Crippen LogP contribution in [0.3, 0.4) is 0 Å². The normalized spacial score (nSPS) is 12.1. The first-order chi connectivity index (χ1) is 8.99. The van der Waals surface area contributed by atoms with E-state index in [2.05, 4.69) is 0 Å². The minimum Gasteiger partial charge on any atom is -0.481 e. The molecule has 1 rings (SSSR count). The number of aliphatic hydroxyl groups excluding tert-OH is 1. The molecule has 5 heteroatoms. The molecule has 0 saturated heterocycles. The predicted molar refractivity (Wildman–Crippen MR) is 70.5 cm³/mol. The number of carbonyl (C=O) groups excluding carboxylic acids is 1. The maximum absolute atomic E-state index is 13.7. The molecule has 1 aromatic rings. The van der Waals surface area contributed by atoms with E-state index < -0.39 is 11.9 Å². The summed E-state index contributed by atoms with van der Waals surface area (Å²) < 4.78 is 18.8. The van der Waals surface area contributed by atoms with E-state index in [4.69, 9.17) is 4.74 Å². The van der Waals surface area contributed by atoms with E-state index in [9.17, 15) is 14.3 Å². The van der Waals surface area contributed by atoms with Gasteiger partial charge in [-0.2, -0.15) is 0 Å². The molecule has 0 aliphatic rings. The van der Waals surface area contributed by atoms with Gasteiger partial charge in [-0.25, -0.2) is 4.39 Å². The standard InChI is InChI=1S/C14H20FNO3/c1-4-16(5-2)14(18)9-19-13-7-6-11(10(3)17)8-12(13)15/h6-8,10,17H,4-5,9H2,1-3H3/t10-/m1/s1. The first-order valence-corrected chi connectivity index (χ1v) is 6.37. The van der Waals surface area contributed by atoms with Crippen LogP contribution >= 0.6 is 0 Å². The zero-order valence-electron chi connectivity index (χ0n) is 11.5. The fourth-order valence-electron chi connectivity index (χ4n) is 1.70. The molecule has 1 atom stereocenters. The number of hydrogen-bond acceptors (Lipinski definition) is 3. The smallest absolute Gasteiger partial charge is 0.260 e. The van der Waals surface area contributed by atoms with Gasteiger partial charge in [-0.3, -0.25) is 4.79 Å². The third kappa shape index (κ3) is 4.21. The summed E-state index contributed by atoms with van der Waals surface area (Å²) in [5.74, 6) is -0.736. The molecule has 19 heavy (non-hydrogen) atoms. The Hall–Kier alpha value is -1.62. The number of nitrogens with zero attached hydrogens (tertiary/aromatic N) is 1. The molecule has 0 aromatic heterocycles. The predicted octanol–water partition coefficient (Wildman–Crippen LogP) is 2.13. The minimum atomic E-state index is -0.735. The zero-order valence-corrected chi connectivity index (χ0v) is 11.5. The van der Waals surface area contributed by atoms with E-state index in [1.165, 1.54) is 12.1 Å². The lowest BCUT2D eigenvalue weighted by atomic mass is 10.1. The van der Waals surface area contributed by atoms with Gasteiger partial charge < -0.3 is 14.7 Å². The second-order valence-electron chi connectivity index (χ2n) is 4.22. The summed E-state index contributed by atoms with van der Waals surface area (Å²) in [5.41, 5.74) is 0.472. The second kappa shape index (κ2) is 7.09. The van der Waals surface area contributed by atoms with E-state index in [0.29, 0.717) is 18.7 Å².